The molecule has 1 saturated heterocycles. The summed E-state index contributed by atoms with van der Waals surface area (Å²) in [6.07, 6.45) is 3.68. The van der Waals surface area contributed by atoms with E-state index < -0.39 is 0 Å². The van der Waals surface area contributed by atoms with Gasteiger partial charge in [-0.2, -0.15) is 0 Å². The van der Waals surface area contributed by atoms with Gasteiger partial charge in [0.15, 0.2) is 0 Å². The van der Waals surface area contributed by atoms with Crippen LogP contribution in [0.1, 0.15) is 37.3 Å². The molecule has 1 fully saturated rings. The molecule has 0 aromatic heterocycles. The molecule has 0 atom stereocenters. The van der Waals surface area contributed by atoms with Gasteiger partial charge in [0, 0.05) is 19.7 Å². The van der Waals surface area contributed by atoms with Crippen molar-refractivity contribution in [2.45, 2.75) is 38.7 Å². The number of aryl methyl sites for hydroxylation is 1. The number of hydrogen-bond donors (Lipinski definition) is 1. The minimum atomic E-state index is -0.0565. The molecule has 1 aliphatic rings. The van der Waals surface area contributed by atoms with Crippen LogP contribution < -0.4 is 5.32 Å². The second kappa shape index (κ2) is 5.65. The van der Waals surface area contributed by atoms with Crippen molar-refractivity contribution >= 4 is 0 Å². The number of benzene rings is 1. The van der Waals surface area contributed by atoms with Gasteiger partial charge >= 0.3 is 0 Å². The molecule has 0 saturated carbocycles. The molecule has 0 radical (unpaired) electrons. The predicted octanol–water partition coefficient (Wildman–Crippen LogP) is 3.00. The van der Waals surface area contributed by atoms with E-state index in [0.717, 1.165) is 19.7 Å². The highest BCUT2D eigenvalue weighted by molar-refractivity contribution is 5.34. The highest BCUT2D eigenvalue weighted by Gasteiger charge is 2.40. The second-order valence-electron chi connectivity index (χ2n) is 4.97. The normalized spacial score (nSPS) is 17.8. The van der Waals surface area contributed by atoms with Crippen LogP contribution in [0.4, 0.5) is 0 Å². The molecular weight excluding hydrogens is 210 g/mol. The molecule has 2 heteroatoms. The third kappa shape index (κ3) is 2.70. The smallest absolute Gasteiger partial charge is 0.118 e. The molecular formula is C15H23NO. The van der Waals surface area contributed by atoms with E-state index in [1.165, 1.54) is 30.4 Å². The first-order valence-corrected chi connectivity index (χ1v) is 6.69. The van der Waals surface area contributed by atoms with Gasteiger partial charge in [0.2, 0.25) is 0 Å². The lowest BCUT2D eigenvalue weighted by Crippen LogP contribution is -2.58. The minimum Gasteiger partial charge on any atom is -0.368 e. The molecule has 0 amide bonds. The van der Waals surface area contributed by atoms with E-state index in [-0.39, 0.29) is 5.60 Å². The molecule has 1 aromatic rings. The Kier molecular flexibility index (Phi) is 4.19. The quantitative estimate of drug-likeness (QED) is 0.763. The Bertz CT molecular complexity index is 358. The molecule has 0 spiro atoms. The molecule has 2 nitrogen and oxygen atoms in total. The van der Waals surface area contributed by atoms with Gasteiger partial charge in [-0.1, -0.05) is 44.0 Å². The number of nitrogens with one attached hydrogen (secondary N) is 1. The van der Waals surface area contributed by atoms with E-state index >= 15 is 0 Å². The van der Waals surface area contributed by atoms with Crippen LogP contribution >= 0.6 is 0 Å². The maximum Gasteiger partial charge on any atom is 0.118 e. The summed E-state index contributed by atoms with van der Waals surface area (Å²) in [5, 5.41) is 3.34. The zero-order valence-corrected chi connectivity index (χ0v) is 11.0. The van der Waals surface area contributed by atoms with E-state index in [0.29, 0.717) is 0 Å². The standard InChI is InChI=1S/C15H23NO/c1-3-4-7-10-17-15(11-16-12-15)14-9-6-5-8-13(14)2/h5-6,8-9,16H,3-4,7,10-12H2,1-2H3. The topological polar surface area (TPSA) is 21.3 Å². The summed E-state index contributed by atoms with van der Waals surface area (Å²) in [7, 11) is 0. The third-order valence-electron chi connectivity index (χ3n) is 3.58. The SMILES string of the molecule is CCCCCOC1(c2ccccc2C)CNC1. The van der Waals surface area contributed by atoms with E-state index in [2.05, 4.69) is 43.4 Å². The van der Waals surface area contributed by atoms with Crippen LogP contribution in [0.2, 0.25) is 0 Å². The van der Waals surface area contributed by atoms with Crippen LogP contribution in [0.15, 0.2) is 24.3 Å². The Balaban J connectivity index is 2.02. The molecule has 1 aromatic carbocycles. The number of hydrogen-bond acceptors (Lipinski definition) is 2. The van der Waals surface area contributed by atoms with Gasteiger partial charge in [-0.25, -0.2) is 0 Å². The average molecular weight is 233 g/mol. The van der Waals surface area contributed by atoms with Crippen molar-refractivity contribution in [2.24, 2.45) is 0 Å². The molecule has 94 valence electrons. The molecule has 1 N–H and O–H groups in total. The minimum absolute atomic E-state index is 0.0565. The molecule has 1 aliphatic heterocycles. The van der Waals surface area contributed by atoms with Gasteiger partial charge in [-0.15, -0.1) is 0 Å². The first-order valence-electron chi connectivity index (χ1n) is 6.69. The average Bonchev–Trinajstić information content (AvgIpc) is 2.29. The number of rotatable bonds is 6. The predicted molar refractivity (Wildman–Crippen MR) is 71.2 cm³/mol. The van der Waals surface area contributed by atoms with Gasteiger partial charge < -0.3 is 10.1 Å². The summed E-state index contributed by atoms with van der Waals surface area (Å²) in [5.41, 5.74) is 2.64. The van der Waals surface area contributed by atoms with E-state index in [1.54, 1.807) is 0 Å². The zero-order valence-electron chi connectivity index (χ0n) is 11.0. The first-order chi connectivity index (χ1) is 8.28. The summed E-state index contributed by atoms with van der Waals surface area (Å²) in [4.78, 5) is 0. The van der Waals surface area contributed by atoms with Gasteiger partial charge in [-0.3, -0.25) is 0 Å². The number of ether oxygens (including phenoxy) is 1. The fourth-order valence-corrected chi connectivity index (χ4v) is 2.43. The van der Waals surface area contributed by atoms with Crippen molar-refractivity contribution < 1.29 is 4.74 Å². The molecule has 2 rings (SSSR count). The Morgan fingerprint density at radius 3 is 2.59 bits per heavy atom. The highest BCUT2D eigenvalue weighted by Crippen LogP contribution is 2.32. The lowest BCUT2D eigenvalue weighted by molar-refractivity contribution is -0.0882. The van der Waals surface area contributed by atoms with E-state index in [9.17, 15) is 0 Å². The Hall–Kier alpha value is -0.860. The van der Waals surface area contributed by atoms with Gasteiger partial charge in [0.05, 0.1) is 0 Å². The first kappa shape index (κ1) is 12.6. The molecule has 0 unspecified atom stereocenters. The Morgan fingerprint density at radius 2 is 2.00 bits per heavy atom. The summed E-state index contributed by atoms with van der Waals surface area (Å²) in [5.74, 6) is 0. The van der Waals surface area contributed by atoms with Crippen LogP contribution in [-0.2, 0) is 10.3 Å². The fourth-order valence-electron chi connectivity index (χ4n) is 2.43. The summed E-state index contributed by atoms with van der Waals surface area (Å²) in [6, 6.07) is 8.58. The lowest BCUT2D eigenvalue weighted by Gasteiger charge is -2.43. The molecule has 0 bridgehead atoms. The largest absolute Gasteiger partial charge is 0.368 e. The lowest BCUT2D eigenvalue weighted by atomic mass is 9.85. The van der Waals surface area contributed by atoms with Crippen molar-refractivity contribution in [2.75, 3.05) is 19.7 Å². The fraction of sp³-hybridized carbons (Fsp3) is 0.600. The van der Waals surface area contributed by atoms with Crippen molar-refractivity contribution in [3.8, 4) is 0 Å². The van der Waals surface area contributed by atoms with Crippen molar-refractivity contribution in [3.05, 3.63) is 35.4 Å². The van der Waals surface area contributed by atoms with Crippen LogP contribution in [0.5, 0.6) is 0 Å². The van der Waals surface area contributed by atoms with Gasteiger partial charge in [0.1, 0.15) is 5.60 Å². The van der Waals surface area contributed by atoms with Gasteiger partial charge in [-0.05, 0) is 24.5 Å². The number of unbranched alkanes of at least 4 members (excludes halogenated alkanes) is 2. The van der Waals surface area contributed by atoms with Gasteiger partial charge in [0.25, 0.3) is 0 Å². The molecule has 17 heavy (non-hydrogen) atoms. The maximum absolute atomic E-state index is 6.17. The summed E-state index contributed by atoms with van der Waals surface area (Å²) >= 11 is 0. The van der Waals surface area contributed by atoms with Crippen LogP contribution in [0.3, 0.4) is 0 Å². The second-order valence-corrected chi connectivity index (χ2v) is 4.97. The van der Waals surface area contributed by atoms with Crippen LogP contribution in [-0.4, -0.2) is 19.7 Å². The monoisotopic (exact) mass is 233 g/mol. The van der Waals surface area contributed by atoms with Crippen molar-refractivity contribution in [3.63, 3.8) is 0 Å². The highest BCUT2D eigenvalue weighted by atomic mass is 16.5. The van der Waals surface area contributed by atoms with Crippen molar-refractivity contribution in [1.29, 1.82) is 0 Å². The Labute approximate surface area is 104 Å². The van der Waals surface area contributed by atoms with Crippen LogP contribution in [0, 0.1) is 6.92 Å². The maximum atomic E-state index is 6.17. The molecule has 0 aliphatic carbocycles. The Morgan fingerprint density at radius 1 is 1.24 bits per heavy atom. The zero-order chi connectivity index (χ0) is 12.1. The van der Waals surface area contributed by atoms with Crippen LogP contribution in [0.25, 0.3) is 0 Å². The summed E-state index contributed by atoms with van der Waals surface area (Å²) < 4.78 is 6.17. The third-order valence-corrected chi connectivity index (χ3v) is 3.58. The van der Waals surface area contributed by atoms with Crippen molar-refractivity contribution in [1.82, 2.24) is 5.32 Å². The van der Waals surface area contributed by atoms with E-state index in [1.807, 2.05) is 0 Å². The van der Waals surface area contributed by atoms with E-state index in [4.69, 9.17) is 4.74 Å². The summed E-state index contributed by atoms with van der Waals surface area (Å²) in [6.45, 7) is 7.17. The molecule has 1 heterocycles.